The van der Waals surface area contributed by atoms with Crippen LogP contribution in [0.5, 0.6) is 5.75 Å². The molecule has 1 fully saturated rings. The van der Waals surface area contributed by atoms with E-state index >= 15 is 0 Å². The van der Waals surface area contributed by atoms with E-state index in [1.54, 1.807) is 12.1 Å². The zero-order chi connectivity index (χ0) is 16.2. The van der Waals surface area contributed by atoms with E-state index in [4.69, 9.17) is 9.47 Å². The third-order valence-corrected chi connectivity index (χ3v) is 3.38. The molecule has 0 aliphatic carbocycles. The van der Waals surface area contributed by atoms with Crippen LogP contribution in [-0.2, 0) is 9.53 Å². The minimum atomic E-state index is -0.562. The second-order valence-electron chi connectivity index (χ2n) is 6.40. The van der Waals surface area contributed by atoms with Crippen molar-refractivity contribution in [2.45, 2.75) is 45.3 Å². The van der Waals surface area contributed by atoms with Gasteiger partial charge in [-0.25, -0.2) is 4.79 Å². The number of Topliss-reactive ketones (excluding diaryl/α,β-unsaturated/α-hetero) is 1. The SMILES string of the molecule is CC(C)(C)OC(=O)N1CCCC1C(=O)COc1ccccc1. The van der Waals surface area contributed by atoms with Gasteiger partial charge in [-0.05, 0) is 45.7 Å². The summed E-state index contributed by atoms with van der Waals surface area (Å²) in [5.74, 6) is 0.560. The van der Waals surface area contributed by atoms with Crippen LogP contribution < -0.4 is 4.74 Å². The van der Waals surface area contributed by atoms with Gasteiger partial charge in [-0.1, -0.05) is 18.2 Å². The number of rotatable bonds is 4. The lowest BCUT2D eigenvalue weighted by Crippen LogP contribution is -2.44. The molecule has 1 aliphatic rings. The highest BCUT2D eigenvalue weighted by Gasteiger charge is 2.36. The number of amides is 1. The van der Waals surface area contributed by atoms with E-state index in [1.807, 2.05) is 39.0 Å². The third-order valence-electron chi connectivity index (χ3n) is 3.38. The number of benzene rings is 1. The summed E-state index contributed by atoms with van der Waals surface area (Å²) < 4.78 is 10.8. The lowest BCUT2D eigenvalue weighted by molar-refractivity contribution is -0.125. The van der Waals surface area contributed by atoms with Crippen molar-refractivity contribution in [1.29, 1.82) is 0 Å². The molecule has 1 unspecified atom stereocenters. The summed E-state index contributed by atoms with van der Waals surface area (Å²) in [6.07, 6.45) is 1.04. The Morgan fingerprint density at radius 1 is 1.23 bits per heavy atom. The van der Waals surface area contributed by atoms with Gasteiger partial charge < -0.3 is 9.47 Å². The highest BCUT2D eigenvalue weighted by Crippen LogP contribution is 2.22. The molecule has 0 N–H and O–H groups in total. The van der Waals surface area contributed by atoms with Gasteiger partial charge in [0.25, 0.3) is 0 Å². The van der Waals surface area contributed by atoms with Crippen LogP contribution in [0.1, 0.15) is 33.6 Å². The van der Waals surface area contributed by atoms with Crippen LogP contribution >= 0.6 is 0 Å². The lowest BCUT2D eigenvalue weighted by Gasteiger charge is -2.27. The van der Waals surface area contributed by atoms with Crippen LogP contribution in [0.4, 0.5) is 4.79 Å². The Bertz CT molecular complexity index is 521. The van der Waals surface area contributed by atoms with Gasteiger partial charge in [0.05, 0.1) is 6.04 Å². The molecule has 1 saturated heterocycles. The summed E-state index contributed by atoms with van der Waals surface area (Å²) in [6, 6.07) is 8.74. The van der Waals surface area contributed by atoms with Gasteiger partial charge in [0.2, 0.25) is 0 Å². The number of carbonyl (C=O) groups is 2. The lowest BCUT2D eigenvalue weighted by atomic mass is 10.1. The average Bonchev–Trinajstić information content (AvgIpc) is 2.93. The Balaban J connectivity index is 1.92. The molecule has 0 aromatic heterocycles. The summed E-state index contributed by atoms with van der Waals surface area (Å²) in [5.41, 5.74) is -0.562. The number of nitrogens with zero attached hydrogens (tertiary/aromatic N) is 1. The van der Waals surface area contributed by atoms with Crippen molar-refractivity contribution in [2.24, 2.45) is 0 Å². The standard InChI is InChI=1S/C17H23NO4/c1-17(2,3)22-16(20)18-11-7-10-14(18)15(19)12-21-13-8-5-4-6-9-13/h4-6,8-9,14H,7,10-12H2,1-3H3. The van der Waals surface area contributed by atoms with Crippen LogP contribution in [0.15, 0.2) is 30.3 Å². The van der Waals surface area contributed by atoms with Crippen LogP contribution in [0, 0.1) is 0 Å². The van der Waals surface area contributed by atoms with Gasteiger partial charge in [-0.2, -0.15) is 0 Å². The number of ether oxygens (including phenoxy) is 2. The van der Waals surface area contributed by atoms with Crippen LogP contribution in [0.2, 0.25) is 0 Å². The van der Waals surface area contributed by atoms with Crippen molar-refractivity contribution in [3.8, 4) is 5.75 Å². The summed E-state index contributed by atoms with van der Waals surface area (Å²) in [4.78, 5) is 26.0. The Morgan fingerprint density at radius 3 is 2.55 bits per heavy atom. The second kappa shape index (κ2) is 6.81. The smallest absolute Gasteiger partial charge is 0.410 e. The fourth-order valence-corrected chi connectivity index (χ4v) is 2.41. The minimum absolute atomic E-state index is 0.0338. The maximum Gasteiger partial charge on any atom is 0.410 e. The summed E-state index contributed by atoms with van der Waals surface area (Å²) in [6.45, 7) is 5.97. The van der Waals surface area contributed by atoms with E-state index < -0.39 is 17.7 Å². The summed E-state index contributed by atoms with van der Waals surface area (Å²) in [7, 11) is 0. The van der Waals surface area contributed by atoms with Crippen LogP contribution in [-0.4, -0.2) is 41.6 Å². The highest BCUT2D eigenvalue weighted by atomic mass is 16.6. The van der Waals surface area contributed by atoms with Gasteiger partial charge in [0.15, 0.2) is 5.78 Å². The van der Waals surface area contributed by atoms with E-state index in [-0.39, 0.29) is 12.4 Å². The molecule has 1 amide bonds. The Labute approximate surface area is 131 Å². The van der Waals surface area contributed by atoms with Crippen molar-refractivity contribution < 1.29 is 19.1 Å². The van der Waals surface area contributed by atoms with Crippen LogP contribution in [0.25, 0.3) is 0 Å². The molecule has 0 spiro atoms. The van der Waals surface area contributed by atoms with Gasteiger partial charge in [-0.3, -0.25) is 9.69 Å². The molecule has 2 rings (SSSR count). The molecule has 1 heterocycles. The minimum Gasteiger partial charge on any atom is -0.486 e. The van der Waals surface area contributed by atoms with E-state index in [1.165, 1.54) is 4.90 Å². The first kappa shape index (κ1) is 16.3. The Morgan fingerprint density at radius 2 is 1.91 bits per heavy atom. The Kier molecular flexibility index (Phi) is 5.06. The fraction of sp³-hybridized carbons (Fsp3) is 0.529. The van der Waals surface area contributed by atoms with E-state index in [9.17, 15) is 9.59 Å². The number of carbonyl (C=O) groups excluding carboxylic acids is 2. The second-order valence-corrected chi connectivity index (χ2v) is 6.40. The zero-order valence-electron chi connectivity index (χ0n) is 13.4. The molecule has 0 radical (unpaired) electrons. The molecule has 0 bridgehead atoms. The predicted molar refractivity (Wildman–Crippen MR) is 82.9 cm³/mol. The number of ketones is 1. The number of hydrogen-bond donors (Lipinski definition) is 0. The molecular formula is C17H23NO4. The summed E-state index contributed by atoms with van der Waals surface area (Å²) in [5, 5.41) is 0. The maximum absolute atomic E-state index is 12.3. The third kappa shape index (κ3) is 4.48. The molecule has 22 heavy (non-hydrogen) atoms. The van der Waals surface area contributed by atoms with Crippen molar-refractivity contribution in [3.63, 3.8) is 0 Å². The molecule has 5 heteroatoms. The zero-order valence-corrected chi connectivity index (χ0v) is 13.4. The van der Waals surface area contributed by atoms with Gasteiger partial charge in [0.1, 0.15) is 18.0 Å². The van der Waals surface area contributed by atoms with E-state index in [2.05, 4.69) is 0 Å². The first-order valence-electron chi connectivity index (χ1n) is 7.57. The van der Waals surface area contributed by atoms with Gasteiger partial charge in [-0.15, -0.1) is 0 Å². The quantitative estimate of drug-likeness (QED) is 0.858. The van der Waals surface area contributed by atoms with E-state index in [0.717, 1.165) is 6.42 Å². The number of likely N-dealkylation sites (tertiary alicyclic amines) is 1. The monoisotopic (exact) mass is 305 g/mol. The van der Waals surface area contributed by atoms with Gasteiger partial charge in [0, 0.05) is 6.54 Å². The van der Waals surface area contributed by atoms with Gasteiger partial charge >= 0.3 is 6.09 Å². The van der Waals surface area contributed by atoms with Crippen LogP contribution in [0.3, 0.4) is 0 Å². The molecule has 5 nitrogen and oxygen atoms in total. The normalized spacial score (nSPS) is 18.1. The molecule has 120 valence electrons. The Hall–Kier alpha value is -2.04. The summed E-state index contributed by atoms with van der Waals surface area (Å²) >= 11 is 0. The molecule has 1 aliphatic heterocycles. The fourth-order valence-electron chi connectivity index (χ4n) is 2.41. The predicted octanol–water partition coefficient (Wildman–Crippen LogP) is 3.03. The number of hydrogen-bond acceptors (Lipinski definition) is 4. The number of para-hydroxylation sites is 1. The molecule has 1 aromatic carbocycles. The topological polar surface area (TPSA) is 55.8 Å². The maximum atomic E-state index is 12.3. The van der Waals surface area contributed by atoms with Crippen molar-refractivity contribution >= 4 is 11.9 Å². The molecule has 1 aromatic rings. The molecule has 1 atom stereocenters. The van der Waals surface area contributed by atoms with Crippen molar-refractivity contribution in [3.05, 3.63) is 30.3 Å². The van der Waals surface area contributed by atoms with E-state index in [0.29, 0.717) is 18.7 Å². The molecule has 0 saturated carbocycles. The first-order valence-corrected chi connectivity index (χ1v) is 7.57. The largest absolute Gasteiger partial charge is 0.486 e. The van der Waals surface area contributed by atoms with Crippen molar-refractivity contribution in [1.82, 2.24) is 4.90 Å². The first-order chi connectivity index (χ1) is 10.4. The highest BCUT2D eigenvalue weighted by molar-refractivity contribution is 5.89. The van der Waals surface area contributed by atoms with Crippen molar-refractivity contribution in [2.75, 3.05) is 13.2 Å². The molecular weight excluding hydrogens is 282 g/mol. The average molecular weight is 305 g/mol.